The van der Waals surface area contributed by atoms with E-state index in [0.717, 1.165) is 33.3 Å². The fourth-order valence-corrected chi connectivity index (χ4v) is 4.02. The minimum atomic E-state index is -0.00120. The molecule has 1 amide bonds. The molecule has 0 saturated carbocycles. The highest BCUT2D eigenvalue weighted by atomic mass is 32.1. The molecule has 28 heavy (non-hydrogen) atoms. The molecule has 144 valence electrons. The SMILES string of the molecule is CCN(Cc1cccc2c1OCCO2)C(=O)c1ccc(-c2nc(C)cs2)cc1. The number of carbonyl (C=O) groups is 1. The molecule has 5 nitrogen and oxygen atoms in total. The molecule has 0 spiro atoms. The van der Waals surface area contributed by atoms with Crippen molar-refractivity contribution in [3.63, 3.8) is 0 Å². The summed E-state index contributed by atoms with van der Waals surface area (Å²) in [7, 11) is 0. The smallest absolute Gasteiger partial charge is 0.254 e. The van der Waals surface area contributed by atoms with Crippen LogP contribution in [-0.4, -0.2) is 35.5 Å². The van der Waals surface area contributed by atoms with Crippen molar-refractivity contribution in [2.75, 3.05) is 19.8 Å². The van der Waals surface area contributed by atoms with Crippen molar-refractivity contribution in [3.05, 3.63) is 64.7 Å². The maximum Gasteiger partial charge on any atom is 0.254 e. The van der Waals surface area contributed by atoms with Crippen LogP contribution in [0.3, 0.4) is 0 Å². The Kier molecular flexibility index (Phi) is 5.30. The number of hydrogen-bond donors (Lipinski definition) is 0. The van der Waals surface area contributed by atoms with Gasteiger partial charge in [-0.3, -0.25) is 4.79 Å². The fraction of sp³-hybridized carbons (Fsp3) is 0.273. The Labute approximate surface area is 168 Å². The zero-order valence-electron chi connectivity index (χ0n) is 16.0. The molecule has 4 rings (SSSR count). The summed E-state index contributed by atoms with van der Waals surface area (Å²) < 4.78 is 11.4. The van der Waals surface area contributed by atoms with Gasteiger partial charge in [-0.2, -0.15) is 0 Å². The van der Waals surface area contributed by atoms with Gasteiger partial charge in [-0.1, -0.05) is 24.3 Å². The van der Waals surface area contributed by atoms with Crippen LogP contribution >= 0.6 is 11.3 Å². The molecule has 0 N–H and O–H groups in total. The molecular formula is C22H22N2O3S. The number of benzene rings is 2. The first kappa shape index (κ1) is 18.5. The van der Waals surface area contributed by atoms with Crippen molar-refractivity contribution < 1.29 is 14.3 Å². The van der Waals surface area contributed by atoms with Crippen molar-refractivity contribution in [1.82, 2.24) is 9.88 Å². The van der Waals surface area contributed by atoms with Gasteiger partial charge in [0.1, 0.15) is 18.2 Å². The number of hydrogen-bond acceptors (Lipinski definition) is 5. The second kappa shape index (κ2) is 8.02. The zero-order valence-corrected chi connectivity index (χ0v) is 16.8. The van der Waals surface area contributed by atoms with Crippen molar-refractivity contribution in [2.24, 2.45) is 0 Å². The van der Waals surface area contributed by atoms with E-state index < -0.39 is 0 Å². The second-order valence-corrected chi connectivity index (χ2v) is 7.49. The van der Waals surface area contributed by atoms with E-state index in [2.05, 4.69) is 4.98 Å². The maximum atomic E-state index is 13.0. The van der Waals surface area contributed by atoms with Crippen molar-refractivity contribution in [2.45, 2.75) is 20.4 Å². The molecule has 1 aromatic heterocycles. The van der Waals surface area contributed by atoms with Crippen LogP contribution in [0.15, 0.2) is 47.8 Å². The number of fused-ring (bicyclic) bond motifs is 1. The second-order valence-electron chi connectivity index (χ2n) is 6.63. The summed E-state index contributed by atoms with van der Waals surface area (Å²) >= 11 is 1.61. The highest BCUT2D eigenvalue weighted by molar-refractivity contribution is 7.13. The lowest BCUT2D eigenvalue weighted by Gasteiger charge is -2.25. The lowest BCUT2D eigenvalue weighted by molar-refractivity contribution is 0.0749. The average molecular weight is 394 g/mol. The Hall–Kier alpha value is -2.86. The van der Waals surface area contributed by atoms with Crippen molar-refractivity contribution >= 4 is 17.2 Å². The number of nitrogens with zero attached hydrogens (tertiary/aromatic N) is 2. The highest BCUT2D eigenvalue weighted by Gasteiger charge is 2.20. The van der Waals surface area contributed by atoms with Crippen LogP contribution in [-0.2, 0) is 6.54 Å². The number of thiazole rings is 1. The molecule has 0 saturated heterocycles. The van der Waals surface area contributed by atoms with E-state index in [1.165, 1.54) is 0 Å². The largest absolute Gasteiger partial charge is 0.486 e. The van der Waals surface area contributed by atoms with Crippen LogP contribution in [0.25, 0.3) is 10.6 Å². The lowest BCUT2D eigenvalue weighted by Crippen LogP contribution is -2.30. The standard InChI is InChI=1S/C22H22N2O3S/c1-3-24(13-18-5-4-6-19-20(18)27-12-11-26-19)22(25)17-9-7-16(8-10-17)21-23-15(2)14-28-21/h4-10,14H,3,11-13H2,1-2H3. The molecule has 3 aromatic rings. The molecule has 0 unspecified atom stereocenters. The van der Waals surface area contributed by atoms with E-state index >= 15 is 0 Å². The molecule has 0 bridgehead atoms. The van der Waals surface area contributed by atoms with E-state index in [4.69, 9.17) is 9.47 Å². The number of ether oxygens (including phenoxy) is 2. The predicted octanol–water partition coefficient (Wildman–Crippen LogP) is 4.55. The lowest BCUT2D eigenvalue weighted by atomic mass is 10.1. The summed E-state index contributed by atoms with van der Waals surface area (Å²) in [5.41, 5.74) is 3.67. The summed E-state index contributed by atoms with van der Waals surface area (Å²) in [5, 5.41) is 3.00. The normalized spacial score (nSPS) is 12.6. The van der Waals surface area contributed by atoms with Gasteiger partial charge < -0.3 is 14.4 Å². The molecule has 0 aliphatic carbocycles. The van der Waals surface area contributed by atoms with Gasteiger partial charge >= 0.3 is 0 Å². The molecule has 0 fully saturated rings. The van der Waals surface area contributed by atoms with Gasteiger partial charge in [0, 0.05) is 40.9 Å². The number of amides is 1. The maximum absolute atomic E-state index is 13.0. The molecule has 1 aliphatic heterocycles. The van der Waals surface area contributed by atoms with Gasteiger partial charge in [0.05, 0.1) is 0 Å². The van der Waals surface area contributed by atoms with Gasteiger partial charge in [0.15, 0.2) is 11.5 Å². The van der Waals surface area contributed by atoms with Crippen LogP contribution < -0.4 is 9.47 Å². The first-order valence-corrected chi connectivity index (χ1v) is 10.2. The van der Waals surface area contributed by atoms with Crippen LogP contribution in [0.4, 0.5) is 0 Å². The number of para-hydroxylation sites is 1. The summed E-state index contributed by atoms with van der Waals surface area (Å²) in [6.45, 7) is 6.14. The molecule has 2 aromatic carbocycles. The number of carbonyl (C=O) groups excluding carboxylic acids is 1. The van der Waals surface area contributed by atoms with Crippen LogP contribution in [0.1, 0.15) is 28.5 Å². The first-order chi connectivity index (χ1) is 13.7. The Bertz CT molecular complexity index is 982. The summed E-state index contributed by atoms with van der Waals surface area (Å²) in [5.74, 6) is 1.49. The molecule has 1 aliphatic rings. The summed E-state index contributed by atoms with van der Waals surface area (Å²) in [6, 6.07) is 13.5. The number of rotatable bonds is 5. The molecule has 6 heteroatoms. The Balaban J connectivity index is 1.53. The summed E-state index contributed by atoms with van der Waals surface area (Å²) in [6.07, 6.45) is 0. The topological polar surface area (TPSA) is 51.7 Å². The van der Waals surface area contributed by atoms with Gasteiger partial charge in [-0.25, -0.2) is 4.98 Å². The van der Waals surface area contributed by atoms with Crippen molar-refractivity contribution in [1.29, 1.82) is 0 Å². The van der Waals surface area contributed by atoms with E-state index in [-0.39, 0.29) is 5.91 Å². The van der Waals surface area contributed by atoms with E-state index in [1.807, 2.05) is 66.6 Å². The minimum absolute atomic E-state index is 0.00120. The highest BCUT2D eigenvalue weighted by Crippen LogP contribution is 2.34. The third-order valence-electron chi connectivity index (χ3n) is 4.68. The van der Waals surface area contributed by atoms with Gasteiger partial charge in [0.25, 0.3) is 5.91 Å². The fourth-order valence-electron chi connectivity index (χ4n) is 3.22. The van der Waals surface area contributed by atoms with E-state index in [1.54, 1.807) is 11.3 Å². The van der Waals surface area contributed by atoms with Crippen LogP contribution in [0, 0.1) is 6.92 Å². The zero-order chi connectivity index (χ0) is 19.5. The summed E-state index contributed by atoms with van der Waals surface area (Å²) in [4.78, 5) is 19.4. The molecule has 2 heterocycles. The third-order valence-corrected chi connectivity index (χ3v) is 5.68. The first-order valence-electron chi connectivity index (χ1n) is 9.35. The van der Waals surface area contributed by atoms with Gasteiger partial charge in [-0.05, 0) is 32.0 Å². The quantitative estimate of drug-likeness (QED) is 0.637. The Morgan fingerprint density at radius 1 is 1.14 bits per heavy atom. The minimum Gasteiger partial charge on any atom is -0.486 e. The predicted molar refractivity (Wildman–Crippen MR) is 110 cm³/mol. The van der Waals surface area contributed by atoms with Crippen molar-refractivity contribution in [3.8, 4) is 22.1 Å². The van der Waals surface area contributed by atoms with E-state index in [0.29, 0.717) is 31.9 Å². The van der Waals surface area contributed by atoms with E-state index in [9.17, 15) is 4.79 Å². The number of aromatic nitrogens is 1. The van der Waals surface area contributed by atoms with Crippen LogP contribution in [0.2, 0.25) is 0 Å². The average Bonchev–Trinajstić information content (AvgIpc) is 3.18. The Morgan fingerprint density at radius 3 is 2.64 bits per heavy atom. The Morgan fingerprint density at radius 2 is 1.93 bits per heavy atom. The van der Waals surface area contributed by atoms with Crippen LogP contribution in [0.5, 0.6) is 11.5 Å². The van der Waals surface area contributed by atoms with Gasteiger partial charge in [0.2, 0.25) is 0 Å². The molecular weight excluding hydrogens is 372 g/mol. The third kappa shape index (κ3) is 3.73. The molecule has 0 atom stereocenters. The number of aryl methyl sites for hydroxylation is 1. The van der Waals surface area contributed by atoms with Gasteiger partial charge in [-0.15, -0.1) is 11.3 Å². The monoisotopic (exact) mass is 394 g/mol. The molecule has 0 radical (unpaired) electrons.